The first-order valence-corrected chi connectivity index (χ1v) is 6.85. The smallest absolute Gasteiger partial charge is 0.343 e. The van der Waals surface area contributed by atoms with E-state index in [0.717, 1.165) is 10.9 Å². The molecule has 104 valence electrons. The van der Waals surface area contributed by atoms with Crippen LogP contribution in [0.3, 0.4) is 0 Å². The predicted octanol–water partition coefficient (Wildman–Crippen LogP) is 4.42. The first-order chi connectivity index (χ1) is 10.2. The van der Waals surface area contributed by atoms with Crippen molar-refractivity contribution < 1.29 is 9.53 Å². The molecule has 0 N–H and O–H groups in total. The fourth-order valence-electron chi connectivity index (χ4n) is 2.15. The van der Waals surface area contributed by atoms with Crippen LogP contribution >= 0.6 is 11.6 Å². The number of fused-ring (bicyclic) bond motifs is 1. The third kappa shape index (κ3) is 2.60. The van der Waals surface area contributed by atoms with E-state index in [0.29, 0.717) is 21.9 Å². The number of hydrogen-bond donors (Lipinski definition) is 0. The molecule has 0 radical (unpaired) electrons. The number of rotatable bonds is 2. The number of nitrogens with zero attached hydrogens (tertiary/aromatic N) is 1. The van der Waals surface area contributed by atoms with Crippen LogP contribution in [0.4, 0.5) is 0 Å². The van der Waals surface area contributed by atoms with Crippen molar-refractivity contribution in [2.24, 2.45) is 0 Å². The van der Waals surface area contributed by atoms with Crippen molar-refractivity contribution in [3.8, 4) is 5.75 Å². The maximum absolute atomic E-state index is 12.3. The molecule has 3 rings (SSSR count). The molecule has 0 aliphatic carbocycles. The number of pyridine rings is 1. The summed E-state index contributed by atoms with van der Waals surface area (Å²) in [6.07, 6.45) is 1.64. The Morgan fingerprint density at radius 3 is 2.71 bits per heavy atom. The Kier molecular flexibility index (Phi) is 3.59. The standard InChI is InChI=1S/C17H12ClNO2/c1-11-5-2-3-6-12(11)17(20)21-15-9-8-14(18)13-7-4-10-19-16(13)15/h2-10H,1H3. The maximum atomic E-state index is 12.3. The van der Waals surface area contributed by atoms with Gasteiger partial charge in [-0.05, 0) is 42.8 Å². The average Bonchev–Trinajstić information content (AvgIpc) is 2.51. The Morgan fingerprint density at radius 1 is 1.10 bits per heavy atom. The number of esters is 1. The minimum atomic E-state index is -0.401. The quantitative estimate of drug-likeness (QED) is 0.519. The van der Waals surface area contributed by atoms with Crippen LogP contribution in [0.5, 0.6) is 5.75 Å². The van der Waals surface area contributed by atoms with Gasteiger partial charge in [0.2, 0.25) is 0 Å². The Labute approximate surface area is 127 Å². The summed E-state index contributed by atoms with van der Waals surface area (Å²) >= 11 is 6.13. The molecule has 0 amide bonds. The number of carbonyl (C=O) groups is 1. The molecule has 0 bridgehead atoms. The van der Waals surface area contributed by atoms with Gasteiger partial charge in [0.15, 0.2) is 5.75 Å². The van der Waals surface area contributed by atoms with Crippen LogP contribution in [0, 0.1) is 6.92 Å². The lowest BCUT2D eigenvalue weighted by atomic mass is 10.1. The van der Waals surface area contributed by atoms with E-state index in [2.05, 4.69) is 4.98 Å². The molecule has 1 heterocycles. The molecule has 0 saturated heterocycles. The maximum Gasteiger partial charge on any atom is 0.343 e. The zero-order chi connectivity index (χ0) is 14.8. The van der Waals surface area contributed by atoms with Crippen molar-refractivity contribution in [2.45, 2.75) is 6.92 Å². The van der Waals surface area contributed by atoms with Crippen molar-refractivity contribution in [3.63, 3.8) is 0 Å². The molecule has 0 aliphatic rings. The van der Waals surface area contributed by atoms with Gasteiger partial charge in [-0.15, -0.1) is 0 Å². The number of halogens is 1. The van der Waals surface area contributed by atoms with E-state index in [1.54, 1.807) is 30.5 Å². The number of hydrogen-bond acceptors (Lipinski definition) is 3. The third-order valence-electron chi connectivity index (χ3n) is 3.25. The Morgan fingerprint density at radius 2 is 1.90 bits per heavy atom. The highest BCUT2D eigenvalue weighted by molar-refractivity contribution is 6.35. The Hall–Kier alpha value is -2.39. The van der Waals surface area contributed by atoms with Crippen molar-refractivity contribution in [3.05, 3.63) is 70.9 Å². The second kappa shape index (κ2) is 5.54. The number of benzene rings is 2. The van der Waals surface area contributed by atoms with Crippen LogP contribution in [-0.4, -0.2) is 11.0 Å². The zero-order valence-corrected chi connectivity index (χ0v) is 12.1. The van der Waals surface area contributed by atoms with E-state index < -0.39 is 5.97 Å². The molecule has 0 spiro atoms. The number of aryl methyl sites for hydroxylation is 1. The molecule has 4 heteroatoms. The van der Waals surface area contributed by atoms with Gasteiger partial charge in [-0.3, -0.25) is 4.98 Å². The molecule has 3 nitrogen and oxygen atoms in total. The van der Waals surface area contributed by atoms with Gasteiger partial charge in [0.05, 0.1) is 10.6 Å². The van der Waals surface area contributed by atoms with E-state index >= 15 is 0 Å². The molecule has 0 unspecified atom stereocenters. The van der Waals surface area contributed by atoms with Crippen molar-refractivity contribution >= 4 is 28.5 Å². The van der Waals surface area contributed by atoms with Gasteiger partial charge < -0.3 is 4.74 Å². The van der Waals surface area contributed by atoms with Gasteiger partial charge in [-0.25, -0.2) is 4.79 Å². The normalized spacial score (nSPS) is 10.6. The topological polar surface area (TPSA) is 39.2 Å². The molecule has 0 saturated carbocycles. The summed E-state index contributed by atoms with van der Waals surface area (Å²) in [5.74, 6) is 0.00521. The van der Waals surface area contributed by atoms with Crippen LogP contribution in [-0.2, 0) is 0 Å². The fourth-order valence-corrected chi connectivity index (χ4v) is 2.37. The highest BCUT2D eigenvalue weighted by Crippen LogP contribution is 2.30. The minimum absolute atomic E-state index is 0.401. The summed E-state index contributed by atoms with van der Waals surface area (Å²) in [6.45, 7) is 1.87. The summed E-state index contributed by atoms with van der Waals surface area (Å²) in [5, 5.41) is 1.34. The lowest BCUT2D eigenvalue weighted by molar-refractivity contribution is 0.0736. The van der Waals surface area contributed by atoms with Crippen LogP contribution in [0.2, 0.25) is 5.02 Å². The number of aromatic nitrogens is 1. The SMILES string of the molecule is Cc1ccccc1C(=O)Oc1ccc(Cl)c2cccnc12. The van der Waals surface area contributed by atoms with Crippen molar-refractivity contribution in [1.82, 2.24) is 4.98 Å². The van der Waals surface area contributed by atoms with Gasteiger partial charge >= 0.3 is 5.97 Å². The van der Waals surface area contributed by atoms with Crippen LogP contribution < -0.4 is 4.74 Å². The lowest BCUT2D eigenvalue weighted by Crippen LogP contribution is -2.10. The van der Waals surface area contributed by atoms with Crippen LogP contribution in [0.1, 0.15) is 15.9 Å². The summed E-state index contributed by atoms with van der Waals surface area (Å²) in [7, 11) is 0. The summed E-state index contributed by atoms with van der Waals surface area (Å²) in [6, 6.07) is 14.3. The third-order valence-corrected chi connectivity index (χ3v) is 3.58. The van der Waals surface area contributed by atoms with E-state index in [9.17, 15) is 4.79 Å². The zero-order valence-electron chi connectivity index (χ0n) is 11.3. The summed E-state index contributed by atoms with van der Waals surface area (Å²) in [5.41, 5.74) is 1.98. The highest BCUT2D eigenvalue weighted by atomic mass is 35.5. The van der Waals surface area contributed by atoms with E-state index in [1.807, 2.05) is 31.2 Å². The van der Waals surface area contributed by atoms with Gasteiger partial charge in [0.1, 0.15) is 5.52 Å². The molecular weight excluding hydrogens is 286 g/mol. The average molecular weight is 298 g/mol. The minimum Gasteiger partial charge on any atom is -0.421 e. The monoisotopic (exact) mass is 297 g/mol. The van der Waals surface area contributed by atoms with E-state index in [-0.39, 0.29) is 0 Å². The molecule has 21 heavy (non-hydrogen) atoms. The summed E-state index contributed by atoms with van der Waals surface area (Å²) < 4.78 is 5.49. The van der Waals surface area contributed by atoms with Gasteiger partial charge in [-0.1, -0.05) is 29.8 Å². The molecule has 3 aromatic rings. The van der Waals surface area contributed by atoms with Crippen molar-refractivity contribution in [1.29, 1.82) is 0 Å². The van der Waals surface area contributed by atoms with E-state index in [1.165, 1.54) is 0 Å². The van der Waals surface area contributed by atoms with Crippen molar-refractivity contribution in [2.75, 3.05) is 0 Å². The number of ether oxygens (including phenoxy) is 1. The molecule has 0 aliphatic heterocycles. The second-order valence-electron chi connectivity index (χ2n) is 4.65. The Bertz CT molecular complexity index is 830. The largest absolute Gasteiger partial charge is 0.421 e. The predicted molar refractivity (Wildman–Crippen MR) is 82.9 cm³/mol. The van der Waals surface area contributed by atoms with Crippen LogP contribution in [0.15, 0.2) is 54.7 Å². The van der Waals surface area contributed by atoms with Gasteiger partial charge in [-0.2, -0.15) is 0 Å². The molecular formula is C17H12ClNO2. The first kappa shape index (κ1) is 13.6. The number of carbonyl (C=O) groups excluding carboxylic acids is 1. The summed E-state index contributed by atoms with van der Waals surface area (Å²) in [4.78, 5) is 16.5. The fraction of sp³-hybridized carbons (Fsp3) is 0.0588. The van der Waals surface area contributed by atoms with Gasteiger partial charge in [0, 0.05) is 11.6 Å². The molecule has 2 aromatic carbocycles. The van der Waals surface area contributed by atoms with E-state index in [4.69, 9.17) is 16.3 Å². The van der Waals surface area contributed by atoms with Gasteiger partial charge in [0.25, 0.3) is 0 Å². The van der Waals surface area contributed by atoms with Crippen LogP contribution in [0.25, 0.3) is 10.9 Å². The first-order valence-electron chi connectivity index (χ1n) is 6.48. The molecule has 1 aromatic heterocycles. The second-order valence-corrected chi connectivity index (χ2v) is 5.06. The Balaban J connectivity index is 2.01. The highest BCUT2D eigenvalue weighted by Gasteiger charge is 2.14. The molecule has 0 atom stereocenters. The molecule has 0 fully saturated rings. The lowest BCUT2D eigenvalue weighted by Gasteiger charge is -2.09.